The fraction of sp³-hybridized carbons (Fsp3) is 0.444. The number of carbonyl (C=O) groups excluding carboxylic acids is 1. The SMILES string of the molecule is Cc1noc(C)c1C(=O)NC[C@@H](c1ccc(F)cc1)N1CCOCC1. The van der Waals surface area contributed by atoms with Crippen LogP contribution in [0, 0.1) is 19.7 Å². The largest absolute Gasteiger partial charge is 0.379 e. The first kappa shape index (κ1) is 17.6. The molecule has 0 radical (unpaired) electrons. The Morgan fingerprint density at radius 3 is 2.56 bits per heavy atom. The number of amides is 1. The van der Waals surface area contributed by atoms with Gasteiger partial charge in [-0.1, -0.05) is 17.3 Å². The number of nitrogens with zero attached hydrogens (tertiary/aromatic N) is 2. The second kappa shape index (κ2) is 7.76. The maximum absolute atomic E-state index is 13.3. The number of benzene rings is 1. The molecule has 2 aromatic rings. The van der Waals surface area contributed by atoms with Crippen molar-refractivity contribution in [1.82, 2.24) is 15.4 Å². The fourth-order valence-corrected chi connectivity index (χ4v) is 3.12. The van der Waals surface area contributed by atoms with Crippen LogP contribution in [-0.2, 0) is 4.74 Å². The van der Waals surface area contributed by atoms with Gasteiger partial charge in [-0.25, -0.2) is 4.39 Å². The Morgan fingerprint density at radius 1 is 1.28 bits per heavy atom. The van der Waals surface area contributed by atoms with Gasteiger partial charge in [0, 0.05) is 19.6 Å². The van der Waals surface area contributed by atoms with Gasteiger partial charge in [0.05, 0.1) is 24.9 Å². The summed E-state index contributed by atoms with van der Waals surface area (Å²) in [5, 5.41) is 6.78. The molecule has 1 aliphatic rings. The van der Waals surface area contributed by atoms with E-state index in [1.807, 2.05) is 0 Å². The van der Waals surface area contributed by atoms with Gasteiger partial charge in [-0.05, 0) is 31.5 Å². The highest BCUT2D eigenvalue weighted by atomic mass is 19.1. The summed E-state index contributed by atoms with van der Waals surface area (Å²) in [7, 11) is 0. The van der Waals surface area contributed by atoms with Crippen LogP contribution in [0.4, 0.5) is 4.39 Å². The van der Waals surface area contributed by atoms with Crippen molar-refractivity contribution in [3.8, 4) is 0 Å². The first-order valence-corrected chi connectivity index (χ1v) is 8.34. The smallest absolute Gasteiger partial charge is 0.256 e. The third-order valence-electron chi connectivity index (χ3n) is 4.46. The van der Waals surface area contributed by atoms with Crippen molar-refractivity contribution >= 4 is 5.91 Å². The molecule has 1 N–H and O–H groups in total. The Bertz CT molecular complexity index is 704. The van der Waals surface area contributed by atoms with Crippen molar-refractivity contribution in [3.05, 3.63) is 52.7 Å². The van der Waals surface area contributed by atoms with E-state index >= 15 is 0 Å². The second-order valence-electron chi connectivity index (χ2n) is 6.12. The van der Waals surface area contributed by atoms with Crippen LogP contribution in [0.5, 0.6) is 0 Å². The van der Waals surface area contributed by atoms with Gasteiger partial charge >= 0.3 is 0 Å². The number of hydrogen-bond acceptors (Lipinski definition) is 5. The van der Waals surface area contributed by atoms with Gasteiger partial charge in [-0.3, -0.25) is 9.69 Å². The Kier molecular flexibility index (Phi) is 5.45. The van der Waals surface area contributed by atoms with Crippen LogP contribution in [0.2, 0.25) is 0 Å². The molecular formula is C18H22FN3O3. The predicted molar refractivity (Wildman–Crippen MR) is 89.8 cm³/mol. The van der Waals surface area contributed by atoms with Crippen molar-refractivity contribution in [2.24, 2.45) is 0 Å². The Hall–Kier alpha value is -2.25. The molecule has 1 amide bonds. The van der Waals surface area contributed by atoms with Crippen molar-refractivity contribution in [2.45, 2.75) is 19.9 Å². The number of carbonyl (C=O) groups is 1. The zero-order valence-electron chi connectivity index (χ0n) is 14.4. The molecule has 0 aliphatic carbocycles. The third-order valence-corrected chi connectivity index (χ3v) is 4.46. The minimum atomic E-state index is -0.274. The molecule has 1 aromatic heterocycles. The number of nitrogens with one attached hydrogen (secondary N) is 1. The number of hydrogen-bond donors (Lipinski definition) is 1. The summed E-state index contributed by atoms with van der Waals surface area (Å²) in [5.74, 6) is 0.0144. The Morgan fingerprint density at radius 2 is 1.96 bits per heavy atom. The van der Waals surface area contributed by atoms with Crippen LogP contribution < -0.4 is 5.32 Å². The van der Waals surface area contributed by atoms with Gasteiger partial charge in [0.1, 0.15) is 17.1 Å². The molecule has 0 saturated carbocycles. The van der Waals surface area contributed by atoms with E-state index in [4.69, 9.17) is 9.26 Å². The fourth-order valence-electron chi connectivity index (χ4n) is 3.12. The average molecular weight is 347 g/mol. The molecule has 1 saturated heterocycles. The van der Waals surface area contributed by atoms with E-state index in [1.54, 1.807) is 26.0 Å². The van der Waals surface area contributed by atoms with Crippen molar-refractivity contribution < 1.29 is 18.4 Å². The molecule has 0 bridgehead atoms. The van der Waals surface area contributed by atoms with E-state index in [-0.39, 0.29) is 17.8 Å². The summed E-state index contributed by atoms with van der Waals surface area (Å²) in [4.78, 5) is 14.7. The lowest BCUT2D eigenvalue weighted by atomic mass is 10.0. The monoisotopic (exact) mass is 347 g/mol. The molecule has 2 heterocycles. The molecule has 1 fully saturated rings. The van der Waals surface area contributed by atoms with Crippen LogP contribution in [0.1, 0.15) is 33.4 Å². The summed E-state index contributed by atoms with van der Waals surface area (Å²) in [5.41, 5.74) is 2.00. The number of morpholine rings is 1. The zero-order chi connectivity index (χ0) is 17.8. The Labute approximate surface area is 145 Å². The lowest BCUT2D eigenvalue weighted by Gasteiger charge is -2.35. The molecule has 25 heavy (non-hydrogen) atoms. The maximum atomic E-state index is 13.3. The van der Waals surface area contributed by atoms with Gasteiger partial charge in [0.15, 0.2) is 0 Å². The van der Waals surface area contributed by atoms with Crippen LogP contribution in [0.25, 0.3) is 0 Å². The maximum Gasteiger partial charge on any atom is 0.256 e. The highest BCUT2D eigenvalue weighted by Crippen LogP contribution is 2.22. The molecule has 6 nitrogen and oxygen atoms in total. The lowest BCUT2D eigenvalue weighted by Crippen LogP contribution is -2.43. The first-order chi connectivity index (χ1) is 12.1. The molecule has 0 spiro atoms. The Balaban J connectivity index is 1.75. The first-order valence-electron chi connectivity index (χ1n) is 8.34. The van der Waals surface area contributed by atoms with E-state index in [0.29, 0.717) is 36.8 Å². The zero-order valence-corrected chi connectivity index (χ0v) is 14.4. The average Bonchev–Trinajstić information content (AvgIpc) is 2.96. The summed E-state index contributed by atoms with van der Waals surface area (Å²) in [6, 6.07) is 6.36. The van der Waals surface area contributed by atoms with Crippen molar-refractivity contribution in [1.29, 1.82) is 0 Å². The van der Waals surface area contributed by atoms with Gasteiger partial charge in [-0.15, -0.1) is 0 Å². The molecule has 134 valence electrons. The molecule has 1 atom stereocenters. The van der Waals surface area contributed by atoms with Gasteiger partial charge in [0.25, 0.3) is 5.91 Å². The molecule has 1 aliphatic heterocycles. The summed E-state index contributed by atoms with van der Waals surface area (Å²) < 4.78 is 23.7. The van der Waals surface area contributed by atoms with Gasteiger partial charge < -0.3 is 14.6 Å². The highest BCUT2D eigenvalue weighted by Gasteiger charge is 2.25. The van der Waals surface area contributed by atoms with E-state index in [9.17, 15) is 9.18 Å². The van der Waals surface area contributed by atoms with Crippen LogP contribution in [0.15, 0.2) is 28.8 Å². The minimum absolute atomic E-state index is 0.0473. The van der Waals surface area contributed by atoms with Crippen LogP contribution in [0.3, 0.4) is 0 Å². The minimum Gasteiger partial charge on any atom is -0.379 e. The number of rotatable bonds is 5. The van der Waals surface area contributed by atoms with E-state index in [0.717, 1.165) is 18.7 Å². The molecule has 1 aromatic carbocycles. The van der Waals surface area contributed by atoms with Crippen LogP contribution in [-0.4, -0.2) is 48.8 Å². The van der Waals surface area contributed by atoms with Crippen molar-refractivity contribution in [2.75, 3.05) is 32.8 Å². The molecular weight excluding hydrogens is 325 g/mol. The highest BCUT2D eigenvalue weighted by molar-refractivity contribution is 5.96. The van der Waals surface area contributed by atoms with Gasteiger partial charge in [0.2, 0.25) is 0 Å². The number of aromatic nitrogens is 1. The topological polar surface area (TPSA) is 67.6 Å². The van der Waals surface area contributed by atoms with Crippen molar-refractivity contribution in [3.63, 3.8) is 0 Å². The van der Waals surface area contributed by atoms with Gasteiger partial charge in [-0.2, -0.15) is 0 Å². The predicted octanol–water partition coefficient (Wildman–Crippen LogP) is 2.23. The summed E-state index contributed by atoms with van der Waals surface area (Å²) >= 11 is 0. The molecule has 3 rings (SSSR count). The van der Waals surface area contributed by atoms with Crippen LogP contribution >= 0.6 is 0 Å². The standard InChI is InChI=1S/C18H22FN3O3/c1-12-17(13(2)25-21-12)18(23)20-11-16(22-7-9-24-10-8-22)14-3-5-15(19)6-4-14/h3-6,16H,7-11H2,1-2H3,(H,20,23)/t16-/m0/s1. The molecule has 0 unspecified atom stereocenters. The second-order valence-corrected chi connectivity index (χ2v) is 6.12. The normalized spacial score (nSPS) is 16.6. The lowest BCUT2D eigenvalue weighted by molar-refractivity contribution is 0.0162. The summed E-state index contributed by atoms with van der Waals surface area (Å²) in [6.07, 6.45) is 0. The number of halogens is 1. The quantitative estimate of drug-likeness (QED) is 0.898. The molecule has 7 heteroatoms. The summed E-state index contributed by atoms with van der Waals surface area (Å²) in [6.45, 7) is 6.70. The number of aryl methyl sites for hydroxylation is 2. The van der Waals surface area contributed by atoms with E-state index in [1.165, 1.54) is 12.1 Å². The third kappa shape index (κ3) is 4.05. The van der Waals surface area contributed by atoms with E-state index < -0.39 is 0 Å². The number of ether oxygens (including phenoxy) is 1. The van der Waals surface area contributed by atoms with E-state index in [2.05, 4.69) is 15.4 Å².